The summed E-state index contributed by atoms with van der Waals surface area (Å²) in [5.74, 6) is 0.395. The van der Waals surface area contributed by atoms with Crippen LogP contribution >= 0.6 is 0 Å². The number of piperidine rings is 1. The van der Waals surface area contributed by atoms with Crippen LogP contribution < -0.4 is 10.2 Å². The predicted octanol–water partition coefficient (Wildman–Crippen LogP) is 2.88. The Morgan fingerprint density at radius 2 is 1.94 bits per heavy atom. The molecule has 1 aromatic carbocycles. The lowest BCUT2D eigenvalue weighted by Gasteiger charge is -2.35. The van der Waals surface area contributed by atoms with E-state index in [1.165, 1.54) is 12.1 Å². The van der Waals surface area contributed by atoms with Crippen LogP contribution in [0.2, 0.25) is 0 Å². The van der Waals surface area contributed by atoms with Gasteiger partial charge in [-0.15, -0.1) is 0 Å². The van der Waals surface area contributed by atoms with Gasteiger partial charge in [-0.3, -0.25) is 14.7 Å². The second-order valence-corrected chi connectivity index (χ2v) is 9.20. The van der Waals surface area contributed by atoms with E-state index in [0.717, 1.165) is 48.2 Å². The average Bonchev–Trinajstić information content (AvgIpc) is 2.90. The third-order valence-corrected chi connectivity index (χ3v) is 6.97. The highest BCUT2D eigenvalue weighted by Gasteiger charge is 2.29. The van der Waals surface area contributed by atoms with Gasteiger partial charge in [0.05, 0.1) is 36.2 Å². The quantitative estimate of drug-likeness (QED) is 0.583. The van der Waals surface area contributed by atoms with Crippen molar-refractivity contribution in [1.29, 1.82) is 0 Å². The summed E-state index contributed by atoms with van der Waals surface area (Å²) in [6.07, 6.45) is 3.27. The Bertz CT molecular complexity index is 1160. The second-order valence-electron chi connectivity index (χ2n) is 9.20. The number of hydrogen-bond acceptors (Lipinski definition) is 7. The van der Waals surface area contributed by atoms with Crippen LogP contribution in [-0.4, -0.2) is 71.7 Å². The number of pyridine rings is 1. The van der Waals surface area contributed by atoms with Crippen LogP contribution in [0.1, 0.15) is 30.3 Å². The van der Waals surface area contributed by atoms with Gasteiger partial charge >= 0.3 is 0 Å². The summed E-state index contributed by atoms with van der Waals surface area (Å²) in [6, 6.07) is 10.5. The molecule has 0 spiro atoms. The van der Waals surface area contributed by atoms with Crippen molar-refractivity contribution >= 4 is 22.8 Å². The van der Waals surface area contributed by atoms with E-state index >= 15 is 0 Å². The molecule has 35 heavy (non-hydrogen) atoms. The lowest BCUT2D eigenvalue weighted by atomic mass is 9.96. The van der Waals surface area contributed by atoms with Crippen molar-refractivity contribution in [2.24, 2.45) is 5.92 Å². The molecule has 3 aromatic rings. The van der Waals surface area contributed by atoms with E-state index in [1.54, 1.807) is 12.3 Å². The van der Waals surface area contributed by atoms with Crippen LogP contribution in [-0.2, 0) is 9.53 Å². The summed E-state index contributed by atoms with van der Waals surface area (Å²) in [7, 11) is 0. The largest absolute Gasteiger partial charge is 0.379 e. The zero-order valence-electron chi connectivity index (χ0n) is 20.0. The lowest BCUT2D eigenvalue weighted by Crippen LogP contribution is -2.46. The Morgan fingerprint density at radius 1 is 1.14 bits per heavy atom. The molecule has 0 bridgehead atoms. The Hall–Kier alpha value is -3.17. The van der Waals surface area contributed by atoms with Gasteiger partial charge in [0.15, 0.2) is 0 Å². The van der Waals surface area contributed by atoms with Crippen molar-refractivity contribution in [3.63, 3.8) is 0 Å². The molecule has 8 nitrogen and oxygen atoms in total. The number of halogens is 1. The summed E-state index contributed by atoms with van der Waals surface area (Å²) in [6.45, 7) is 6.86. The molecule has 0 unspecified atom stereocenters. The molecule has 2 saturated heterocycles. The van der Waals surface area contributed by atoms with Crippen LogP contribution in [0.5, 0.6) is 0 Å². The van der Waals surface area contributed by atoms with Crippen LogP contribution in [0.4, 0.5) is 10.3 Å². The fourth-order valence-corrected chi connectivity index (χ4v) is 4.95. The van der Waals surface area contributed by atoms with Crippen LogP contribution in [0.25, 0.3) is 10.9 Å². The number of morpholine rings is 1. The lowest BCUT2D eigenvalue weighted by molar-refractivity contribution is -0.126. The topological polar surface area (TPSA) is 83.5 Å². The van der Waals surface area contributed by atoms with E-state index < -0.39 is 0 Å². The molecule has 1 amide bonds. The Labute approximate surface area is 204 Å². The Morgan fingerprint density at radius 3 is 2.69 bits per heavy atom. The van der Waals surface area contributed by atoms with Crippen LogP contribution in [0.3, 0.4) is 0 Å². The smallest absolute Gasteiger partial charge is 0.226 e. The number of fused-ring (bicyclic) bond motifs is 1. The molecule has 2 aromatic heterocycles. The molecule has 0 aliphatic carbocycles. The normalized spacial score (nSPS) is 18.5. The van der Waals surface area contributed by atoms with Crippen molar-refractivity contribution in [2.45, 2.75) is 25.8 Å². The molecule has 1 atom stereocenters. The summed E-state index contributed by atoms with van der Waals surface area (Å²) in [5, 5.41) is 3.92. The first-order valence-corrected chi connectivity index (χ1v) is 12.3. The van der Waals surface area contributed by atoms with Gasteiger partial charge in [0.25, 0.3) is 0 Å². The number of carbonyl (C=O) groups excluding carboxylic acids is 1. The molecule has 9 heteroatoms. The van der Waals surface area contributed by atoms with Gasteiger partial charge in [0, 0.05) is 50.2 Å². The summed E-state index contributed by atoms with van der Waals surface area (Å²) in [5.41, 5.74) is 2.46. The Kier molecular flexibility index (Phi) is 7.15. The minimum atomic E-state index is -0.289. The molecule has 0 radical (unpaired) electrons. The highest BCUT2D eigenvalue weighted by atomic mass is 19.1. The number of anilines is 1. The van der Waals surface area contributed by atoms with Crippen molar-refractivity contribution in [2.75, 3.05) is 50.8 Å². The van der Waals surface area contributed by atoms with Crippen molar-refractivity contribution < 1.29 is 13.9 Å². The number of nitrogens with zero attached hydrogens (tertiary/aromatic N) is 5. The first-order chi connectivity index (χ1) is 17.1. The zero-order chi connectivity index (χ0) is 24.2. The number of aryl methyl sites for hydroxylation is 1. The number of ether oxygens (including phenoxy) is 1. The van der Waals surface area contributed by atoms with Crippen molar-refractivity contribution in [3.8, 4) is 0 Å². The number of amides is 1. The molecule has 5 rings (SSSR count). The van der Waals surface area contributed by atoms with Gasteiger partial charge in [-0.1, -0.05) is 6.07 Å². The van der Waals surface area contributed by atoms with E-state index in [2.05, 4.69) is 30.1 Å². The van der Waals surface area contributed by atoms with Gasteiger partial charge in [-0.05, 0) is 50.1 Å². The fraction of sp³-hybridized carbons (Fsp3) is 0.462. The minimum Gasteiger partial charge on any atom is -0.379 e. The molecule has 4 heterocycles. The number of benzene rings is 1. The fourth-order valence-electron chi connectivity index (χ4n) is 4.95. The zero-order valence-corrected chi connectivity index (χ0v) is 20.0. The maximum atomic E-state index is 13.6. The number of aromatic nitrogens is 3. The maximum absolute atomic E-state index is 13.6. The summed E-state index contributed by atoms with van der Waals surface area (Å²) < 4.78 is 19.1. The van der Waals surface area contributed by atoms with E-state index in [9.17, 15) is 9.18 Å². The monoisotopic (exact) mass is 478 g/mol. The molecular formula is C26H31FN6O2. The number of hydrogen-bond donors (Lipinski definition) is 1. The third kappa shape index (κ3) is 5.41. The standard InChI is InChI=1S/C26H31FN6O2/c1-18-21-16-20(27)5-6-22(21)31-26(30-18)33-10-7-19(8-11-33)25(34)29-17-24(23-4-2-3-9-28-23)32-12-14-35-15-13-32/h2-6,9,16,19,24H,7-8,10-15,17H2,1H3,(H,29,34)/t24-/m1/s1. The average molecular weight is 479 g/mol. The maximum Gasteiger partial charge on any atom is 0.226 e. The van der Waals surface area contributed by atoms with E-state index in [0.29, 0.717) is 38.8 Å². The minimum absolute atomic E-state index is 0.0305. The summed E-state index contributed by atoms with van der Waals surface area (Å²) >= 11 is 0. The first kappa shape index (κ1) is 23.6. The third-order valence-electron chi connectivity index (χ3n) is 6.97. The van der Waals surface area contributed by atoms with Crippen molar-refractivity contribution in [3.05, 3.63) is 59.8 Å². The summed E-state index contributed by atoms with van der Waals surface area (Å²) in [4.78, 5) is 31.3. The molecular weight excluding hydrogens is 447 g/mol. The molecule has 2 fully saturated rings. The first-order valence-electron chi connectivity index (χ1n) is 12.3. The highest BCUT2D eigenvalue weighted by Crippen LogP contribution is 2.25. The van der Waals surface area contributed by atoms with Gasteiger partial charge in [0.1, 0.15) is 5.82 Å². The van der Waals surface area contributed by atoms with E-state index in [1.807, 2.05) is 25.1 Å². The van der Waals surface area contributed by atoms with Gasteiger partial charge < -0.3 is 15.0 Å². The Balaban J connectivity index is 1.19. The molecule has 2 aliphatic heterocycles. The van der Waals surface area contributed by atoms with Crippen LogP contribution in [0, 0.1) is 18.7 Å². The number of nitrogens with one attached hydrogen (secondary N) is 1. The van der Waals surface area contributed by atoms with Gasteiger partial charge in [0.2, 0.25) is 11.9 Å². The van der Waals surface area contributed by atoms with Crippen LogP contribution in [0.15, 0.2) is 42.6 Å². The van der Waals surface area contributed by atoms with E-state index in [4.69, 9.17) is 4.74 Å². The van der Waals surface area contributed by atoms with Crippen molar-refractivity contribution in [1.82, 2.24) is 25.2 Å². The highest BCUT2D eigenvalue weighted by molar-refractivity contribution is 5.82. The predicted molar refractivity (Wildman–Crippen MR) is 132 cm³/mol. The molecule has 184 valence electrons. The van der Waals surface area contributed by atoms with Gasteiger partial charge in [-0.25, -0.2) is 14.4 Å². The molecule has 0 saturated carbocycles. The van der Waals surface area contributed by atoms with E-state index in [-0.39, 0.29) is 23.7 Å². The number of rotatable bonds is 6. The molecule has 2 aliphatic rings. The van der Waals surface area contributed by atoms with Gasteiger partial charge in [-0.2, -0.15) is 0 Å². The number of carbonyl (C=O) groups is 1. The SMILES string of the molecule is Cc1nc(N2CCC(C(=O)NC[C@H](c3ccccn3)N3CCOCC3)CC2)nc2ccc(F)cc12. The molecule has 1 N–H and O–H groups in total. The second kappa shape index (κ2) is 10.6.